The van der Waals surface area contributed by atoms with Crippen LogP contribution in [0.3, 0.4) is 0 Å². The van der Waals surface area contributed by atoms with Gasteiger partial charge in [0.15, 0.2) is 0 Å². The van der Waals surface area contributed by atoms with Gasteiger partial charge >= 0.3 is 0 Å². The van der Waals surface area contributed by atoms with E-state index in [9.17, 15) is 9.59 Å². The number of nitrogens with one attached hydrogen (secondary N) is 2. The van der Waals surface area contributed by atoms with E-state index in [1.807, 2.05) is 32.0 Å². The minimum Gasteiger partial charge on any atom is -0.349 e. The summed E-state index contributed by atoms with van der Waals surface area (Å²) in [5, 5.41) is 5.96. The molecular formula is C22H27N3O2. The van der Waals surface area contributed by atoms with E-state index in [1.54, 1.807) is 12.1 Å². The fourth-order valence-electron chi connectivity index (χ4n) is 3.40. The van der Waals surface area contributed by atoms with Gasteiger partial charge in [-0.3, -0.25) is 14.6 Å². The third-order valence-corrected chi connectivity index (χ3v) is 5.21. The van der Waals surface area contributed by atoms with Gasteiger partial charge in [0.25, 0.3) is 11.8 Å². The first-order chi connectivity index (χ1) is 13.0. The van der Waals surface area contributed by atoms with Crippen molar-refractivity contribution in [2.24, 2.45) is 0 Å². The summed E-state index contributed by atoms with van der Waals surface area (Å²) < 4.78 is 0. The lowest BCUT2D eigenvalue weighted by molar-refractivity contribution is 0.0933. The van der Waals surface area contributed by atoms with Crippen LogP contribution in [-0.4, -0.2) is 22.8 Å². The zero-order chi connectivity index (χ0) is 19.2. The number of anilines is 1. The average molecular weight is 365 g/mol. The molecule has 0 bridgehead atoms. The molecule has 5 nitrogen and oxygen atoms in total. The van der Waals surface area contributed by atoms with Crippen molar-refractivity contribution in [3.8, 4) is 0 Å². The second-order valence-corrected chi connectivity index (χ2v) is 7.34. The van der Waals surface area contributed by atoms with Crippen LogP contribution in [0.5, 0.6) is 0 Å². The second kappa shape index (κ2) is 8.80. The Kier molecular flexibility index (Phi) is 6.22. The van der Waals surface area contributed by atoms with E-state index in [-0.39, 0.29) is 23.6 Å². The Bertz CT molecular complexity index is 824. The maximum absolute atomic E-state index is 12.6. The number of nitrogens with zero attached hydrogens (tertiary/aromatic N) is 1. The summed E-state index contributed by atoms with van der Waals surface area (Å²) in [6.45, 7) is 4.03. The predicted molar refractivity (Wildman–Crippen MR) is 107 cm³/mol. The van der Waals surface area contributed by atoms with Crippen molar-refractivity contribution < 1.29 is 9.59 Å². The van der Waals surface area contributed by atoms with Crippen molar-refractivity contribution in [3.05, 3.63) is 58.9 Å². The number of rotatable bonds is 4. The summed E-state index contributed by atoms with van der Waals surface area (Å²) in [7, 11) is 0. The quantitative estimate of drug-likeness (QED) is 0.789. The Morgan fingerprint density at radius 2 is 1.67 bits per heavy atom. The van der Waals surface area contributed by atoms with Gasteiger partial charge in [-0.2, -0.15) is 0 Å². The van der Waals surface area contributed by atoms with E-state index in [0.717, 1.165) is 36.9 Å². The number of pyridine rings is 1. The molecule has 3 rings (SSSR count). The van der Waals surface area contributed by atoms with Gasteiger partial charge in [0, 0.05) is 23.5 Å². The van der Waals surface area contributed by atoms with Gasteiger partial charge in [-0.25, -0.2) is 0 Å². The highest BCUT2D eigenvalue weighted by Gasteiger charge is 2.17. The first kappa shape index (κ1) is 19.1. The van der Waals surface area contributed by atoms with Crippen LogP contribution >= 0.6 is 0 Å². The zero-order valence-electron chi connectivity index (χ0n) is 16.0. The zero-order valence-corrected chi connectivity index (χ0v) is 16.0. The van der Waals surface area contributed by atoms with Crippen LogP contribution in [0.4, 0.5) is 5.69 Å². The minimum atomic E-state index is -0.317. The van der Waals surface area contributed by atoms with E-state index in [2.05, 4.69) is 15.6 Å². The molecule has 27 heavy (non-hydrogen) atoms. The molecule has 0 saturated heterocycles. The number of aryl methyl sites for hydroxylation is 2. The third kappa shape index (κ3) is 5.16. The van der Waals surface area contributed by atoms with Crippen LogP contribution in [0.2, 0.25) is 0 Å². The molecule has 0 radical (unpaired) electrons. The summed E-state index contributed by atoms with van der Waals surface area (Å²) in [6.07, 6.45) is 8.36. The lowest BCUT2D eigenvalue weighted by atomic mass is 10.1. The Morgan fingerprint density at radius 1 is 0.926 bits per heavy atom. The van der Waals surface area contributed by atoms with Gasteiger partial charge < -0.3 is 10.6 Å². The number of hydrogen-bond acceptors (Lipinski definition) is 3. The van der Waals surface area contributed by atoms with Crippen molar-refractivity contribution in [3.63, 3.8) is 0 Å². The molecule has 1 heterocycles. The molecule has 1 fully saturated rings. The molecule has 2 N–H and O–H groups in total. The summed E-state index contributed by atoms with van der Waals surface area (Å²) in [4.78, 5) is 29.2. The molecule has 0 spiro atoms. The smallest absolute Gasteiger partial charge is 0.274 e. The summed E-state index contributed by atoms with van der Waals surface area (Å²) >= 11 is 0. The minimum absolute atomic E-state index is 0.135. The molecule has 5 heteroatoms. The Hall–Kier alpha value is -2.69. The van der Waals surface area contributed by atoms with E-state index in [4.69, 9.17) is 0 Å². The van der Waals surface area contributed by atoms with Crippen molar-refractivity contribution >= 4 is 17.5 Å². The van der Waals surface area contributed by atoms with Gasteiger partial charge in [-0.05, 0) is 62.1 Å². The second-order valence-electron chi connectivity index (χ2n) is 7.34. The summed E-state index contributed by atoms with van der Waals surface area (Å²) in [5.41, 5.74) is 3.71. The molecule has 1 aliphatic carbocycles. The molecule has 142 valence electrons. The van der Waals surface area contributed by atoms with Crippen LogP contribution in [0.25, 0.3) is 0 Å². The van der Waals surface area contributed by atoms with Crippen LogP contribution in [-0.2, 0) is 0 Å². The molecule has 1 saturated carbocycles. The van der Waals surface area contributed by atoms with Crippen LogP contribution in [0.15, 0.2) is 36.5 Å². The Labute approximate surface area is 160 Å². The molecule has 0 atom stereocenters. The Morgan fingerprint density at radius 3 is 2.37 bits per heavy atom. The molecular weight excluding hydrogens is 338 g/mol. The van der Waals surface area contributed by atoms with Crippen LogP contribution < -0.4 is 10.6 Å². The number of benzene rings is 1. The number of carbonyl (C=O) groups is 2. The molecule has 1 aliphatic rings. The van der Waals surface area contributed by atoms with Crippen LogP contribution in [0.1, 0.15) is 70.5 Å². The molecule has 1 aromatic heterocycles. The van der Waals surface area contributed by atoms with Gasteiger partial charge in [0.1, 0.15) is 5.69 Å². The van der Waals surface area contributed by atoms with E-state index >= 15 is 0 Å². The fourth-order valence-corrected chi connectivity index (χ4v) is 3.40. The molecule has 1 aromatic carbocycles. The number of aromatic nitrogens is 1. The predicted octanol–water partition coefficient (Wildman–Crippen LogP) is 4.40. The van der Waals surface area contributed by atoms with E-state index < -0.39 is 0 Å². The van der Waals surface area contributed by atoms with Gasteiger partial charge in [-0.1, -0.05) is 31.7 Å². The van der Waals surface area contributed by atoms with Gasteiger partial charge in [0.2, 0.25) is 0 Å². The van der Waals surface area contributed by atoms with E-state index in [1.165, 1.54) is 24.6 Å². The number of carbonyl (C=O) groups excluding carboxylic acids is 2. The lowest BCUT2D eigenvalue weighted by Gasteiger charge is -2.16. The normalized spacial score (nSPS) is 15.0. The van der Waals surface area contributed by atoms with Crippen molar-refractivity contribution in [1.29, 1.82) is 0 Å². The maximum Gasteiger partial charge on any atom is 0.274 e. The fraction of sp³-hybridized carbons (Fsp3) is 0.409. The largest absolute Gasteiger partial charge is 0.349 e. The average Bonchev–Trinajstić information content (AvgIpc) is 2.93. The monoisotopic (exact) mass is 365 g/mol. The van der Waals surface area contributed by atoms with Gasteiger partial charge in [0.05, 0.1) is 0 Å². The van der Waals surface area contributed by atoms with E-state index in [0.29, 0.717) is 5.56 Å². The summed E-state index contributed by atoms with van der Waals surface area (Å²) in [5.74, 6) is -0.452. The first-order valence-electron chi connectivity index (χ1n) is 9.68. The highest BCUT2D eigenvalue weighted by atomic mass is 16.2. The summed E-state index contributed by atoms with van der Waals surface area (Å²) in [6, 6.07) is 9.19. The third-order valence-electron chi connectivity index (χ3n) is 5.21. The molecule has 2 amide bonds. The maximum atomic E-state index is 12.6. The SMILES string of the molecule is Cc1ccc(NC(=O)c2cc(C(=O)NC3CCCCCC3)ccn2)cc1C. The van der Waals surface area contributed by atoms with Crippen LogP contribution in [0, 0.1) is 13.8 Å². The molecule has 0 aliphatic heterocycles. The number of hydrogen-bond donors (Lipinski definition) is 2. The lowest BCUT2D eigenvalue weighted by Crippen LogP contribution is -2.34. The highest BCUT2D eigenvalue weighted by Crippen LogP contribution is 2.18. The van der Waals surface area contributed by atoms with Crippen molar-refractivity contribution in [2.75, 3.05) is 5.32 Å². The van der Waals surface area contributed by atoms with Crippen molar-refractivity contribution in [2.45, 2.75) is 58.4 Å². The molecule has 2 aromatic rings. The molecule has 0 unspecified atom stereocenters. The first-order valence-corrected chi connectivity index (χ1v) is 9.68. The van der Waals surface area contributed by atoms with Crippen molar-refractivity contribution in [1.82, 2.24) is 10.3 Å². The van der Waals surface area contributed by atoms with Gasteiger partial charge in [-0.15, -0.1) is 0 Å². The highest BCUT2D eigenvalue weighted by molar-refractivity contribution is 6.04. The number of amides is 2. The standard InChI is InChI=1S/C22H27N3O2/c1-15-9-10-19(13-16(15)2)25-22(27)20-14-17(11-12-23-20)21(26)24-18-7-5-3-4-6-8-18/h9-14,18H,3-8H2,1-2H3,(H,24,26)(H,25,27). The topological polar surface area (TPSA) is 71.1 Å². The Balaban J connectivity index is 1.67.